The number of fused-ring (bicyclic) bond motifs is 1. The van der Waals surface area contributed by atoms with Crippen LogP contribution in [0.3, 0.4) is 0 Å². The van der Waals surface area contributed by atoms with E-state index in [-0.39, 0.29) is 11.9 Å². The quantitative estimate of drug-likeness (QED) is 0.548. The van der Waals surface area contributed by atoms with Crippen LogP contribution in [-0.4, -0.2) is 32.6 Å². The minimum atomic E-state index is -0.128. The summed E-state index contributed by atoms with van der Waals surface area (Å²) in [6.07, 6.45) is 3.15. The fraction of sp³-hybridized carbons (Fsp3) is 0.190. The summed E-state index contributed by atoms with van der Waals surface area (Å²) in [7, 11) is 1.80. The maximum atomic E-state index is 13.0. The highest BCUT2D eigenvalue weighted by molar-refractivity contribution is 5.99. The molecule has 1 amide bonds. The Balaban J connectivity index is 1.58. The van der Waals surface area contributed by atoms with Crippen LogP contribution in [0.25, 0.3) is 16.7 Å². The molecular weight excluding hydrogens is 340 g/mol. The molecule has 0 bridgehead atoms. The molecule has 2 aromatic carbocycles. The second kappa shape index (κ2) is 6.72. The maximum Gasteiger partial charge on any atom is 0.290 e. The number of aromatic nitrogens is 3. The zero-order valence-corrected chi connectivity index (χ0v) is 15.5. The lowest BCUT2D eigenvalue weighted by molar-refractivity contribution is 0.0712. The van der Waals surface area contributed by atoms with E-state index in [2.05, 4.69) is 10.1 Å². The van der Waals surface area contributed by atoms with Crippen molar-refractivity contribution in [3.63, 3.8) is 0 Å². The van der Waals surface area contributed by atoms with Crippen molar-refractivity contribution in [3.8, 4) is 5.69 Å². The molecule has 6 heteroatoms. The lowest BCUT2D eigenvalue weighted by atomic mass is 10.1. The molecule has 0 radical (unpaired) electrons. The predicted octanol–water partition coefficient (Wildman–Crippen LogP) is 4.16. The summed E-state index contributed by atoms with van der Waals surface area (Å²) in [4.78, 5) is 18.7. The molecule has 0 fully saturated rings. The van der Waals surface area contributed by atoms with Crippen molar-refractivity contribution in [2.75, 3.05) is 7.05 Å². The average Bonchev–Trinajstić information content (AvgIpc) is 3.35. The Hall–Kier alpha value is -3.41. The molecule has 0 N–H and O–H groups in total. The van der Waals surface area contributed by atoms with Gasteiger partial charge >= 0.3 is 0 Å². The predicted molar refractivity (Wildman–Crippen MR) is 103 cm³/mol. The molecule has 0 saturated carbocycles. The normalized spacial score (nSPS) is 12.3. The zero-order chi connectivity index (χ0) is 19.0. The molecule has 1 unspecified atom stereocenters. The number of carbonyl (C=O) groups excluding carboxylic acids is 1. The van der Waals surface area contributed by atoms with Gasteiger partial charge in [0.05, 0.1) is 11.7 Å². The van der Waals surface area contributed by atoms with Gasteiger partial charge in [-0.05, 0) is 37.6 Å². The maximum absolute atomic E-state index is 13.0. The summed E-state index contributed by atoms with van der Waals surface area (Å²) in [5.74, 6) is 0.265. The zero-order valence-electron chi connectivity index (χ0n) is 15.5. The Bertz CT molecular complexity index is 1080. The number of carbonyl (C=O) groups is 1. The molecule has 2 heterocycles. The lowest BCUT2D eigenvalue weighted by Crippen LogP contribution is -2.29. The van der Waals surface area contributed by atoms with Crippen LogP contribution in [0.1, 0.15) is 34.6 Å². The van der Waals surface area contributed by atoms with E-state index < -0.39 is 0 Å². The highest BCUT2D eigenvalue weighted by atomic mass is 16.3. The van der Waals surface area contributed by atoms with E-state index >= 15 is 0 Å². The Morgan fingerprint density at radius 1 is 1.15 bits per heavy atom. The van der Waals surface area contributed by atoms with Gasteiger partial charge in [0.25, 0.3) is 5.91 Å². The van der Waals surface area contributed by atoms with Crippen molar-refractivity contribution in [1.82, 2.24) is 19.7 Å². The molecule has 0 aliphatic heterocycles. The third-order valence-corrected chi connectivity index (χ3v) is 5.00. The van der Waals surface area contributed by atoms with Crippen LogP contribution < -0.4 is 0 Å². The number of aryl methyl sites for hydroxylation is 1. The van der Waals surface area contributed by atoms with E-state index in [4.69, 9.17) is 4.42 Å². The minimum absolute atomic E-state index is 0.102. The first kappa shape index (κ1) is 17.0. The molecule has 0 aliphatic carbocycles. The highest BCUT2D eigenvalue weighted by Crippen LogP contribution is 2.28. The van der Waals surface area contributed by atoms with Crippen molar-refractivity contribution in [1.29, 1.82) is 0 Å². The van der Waals surface area contributed by atoms with Gasteiger partial charge in [-0.3, -0.25) is 4.79 Å². The Morgan fingerprint density at radius 3 is 2.56 bits per heavy atom. The van der Waals surface area contributed by atoms with Crippen LogP contribution >= 0.6 is 0 Å². The number of hydrogen-bond donors (Lipinski definition) is 0. The number of nitrogens with zero attached hydrogens (tertiary/aromatic N) is 4. The fourth-order valence-electron chi connectivity index (χ4n) is 3.19. The van der Waals surface area contributed by atoms with Gasteiger partial charge in [-0.15, -0.1) is 0 Å². The molecule has 0 aliphatic rings. The topological polar surface area (TPSA) is 64.2 Å². The third-order valence-electron chi connectivity index (χ3n) is 5.00. The van der Waals surface area contributed by atoms with Gasteiger partial charge in [0.15, 0.2) is 5.76 Å². The molecule has 0 spiro atoms. The first-order valence-corrected chi connectivity index (χ1v) is 8.76. The summed E-state index contributed by atoms with van der Waals surface area (Å²) in [5, 5.41) is 5.09. The monoisotopic (exact) mass is 360 g/mol. The Kier molecular flexibility index (Phi) is 4.24. The number of furan rings is 1. The molecule has 0 saturated heterocycles. The summed E-state index contributed by atoms with van der Waals surface area (Å²) in [6.45, 7) is 3.92. The van der Waals surface area contributed by atoms with Crippen LogP contribution in [0.2, 0.25) is 0 Å². The summed E-state index contributed by atoms with van der Waals surface area (Å²) >= 11 is 0. The van der Waals surface area contributed by atoms with E-state index in [1.165, 1.54) is 6.33 Å². The van der Waals surface area contributed by atoms with Crippen molar-refractivity contribution >= 4 is 16.9 Å². The largest absolute Gasteiger partial charge is 0.451 e. The molecule has 4 aromatic rings. The highest BCUT2D eigenvalue weighted by Gasteiger charge is 2.24. The van der Waals surface area contributed by atoms with Crippen molar-refractivity contribution in [2.24, 2.45) is 0 Å². The van der Waals surface area contributed by atoms with Gasteiger partial charge in [0, 0.05) is 18.0 Å². The smallest absolute Gasteiger partial charge is 0.290 e. The molecule has 2 aromatic heterocycles. The van der Waals surface area contributed by atoms with Crippen molar-refractivity contribution in [3.05, 3.63) is 78.1 Å². The molecule has 6 nitrogen and oxygen atoms in total. The number of para-hydroxylation sites is 1. The molecule has 4 rings (SSSR count). The third kappa shape index (κ3) is 2.99. The van der Waals surface area contributed by atoms with Gasteiger partial charge in [-0.1, -0.05) is 30.3 Å². The number of benzene rings is 2. The van der Waals surface area contributed by atoms with Crippen LogP contribution in [0, 0.1) is 6.92 Å². The van der Waals surface area contributed by atoms with E-state index in [1.54, 1.807) is 23.0 Å². The average molecular weight is 360 g/mol. The second-order valence-corrected chi connectivity index (χ2v) is 6.58. The number of amides is 1. The van der Waals surface area contributed by atoms with Gasteiger partial charge < -0.3 is 9.32 Å². The number of hydrogen-bond acceptors (Lipinski definition) is 4. The van der Waals surface area contributed by atoms with Gasteiger partial charge in [-0.2, -0.15) is 5.10 Å². The Labute approximate surface area is 157 Å². The van der Waals surface area contributed by atoms with Gasteiger partial charge in [0.2, 0.25) is 0 Å². The van der Waals surface area contributed by atoms with Gasteiger partial charge in [0.1, 0.15) is 18.2 Å². The molecule has 1 atom stereocenters. The second-order valence-electron chi connectivity index (χ2n) is 6.58. The van der Waals surface area contributed by atoms with Crippen LogP contribution in [0.4, 0.5) is 0 Å². The summed E-state index contributed by atoms with van der Waals surface area (Å²) < 4.78 is 7.52. The van der Waals surface area contributed by atoms with E-state index in [9.17, 15) is 4.79 Å². The molecular formula is C21H20N4O2. The molecule has 136 valence electrons. The van der Waals surface area contributed by atoms with E-state index in [0.717, 1.165) is 27.8 Å². The van der Waals surface area contributed by atoms with Crippen LogP contribution in [0.15, 0.2) is 65.6 Å². The Morgan fingerprint density at radius 2 is 1.89 bits per heavy atom. The summed E-state index contributed by atoms with van der Waals surface area (Å²) in [5.41, 5.74) is 3.56. The van der Waals surface area contributed by atoms with Crippen molar-refractivity contribution < 1.29 is 9.21 Å². The van der Waals surface area contributed by atoms with Crippen LogP contribution in [-0.2, 0) is 0 Å². The van der Waals surface area contributed by atoms with E-state index in [1.807, 2.05) is 62.4 Å². The standard InChI is InChI=1S/C21H20N4O2/c1-14-18-6-4-5-7-19(18)27-20(14)21(26)24(3)15(2)16-8-10-17(11-9-16)25-13-22-12-23-25/h4-13,15H,1-3H3. The minimum Gasteiger partial charge on any atom is -0.451 e. The first-order valence-electron chi connectivity index (χ1n) is 8.76. The van der Waals surface area contributed by atoms with Crippen LogP contribution in [0.5, 0.6) is 0 Å². The molecule has 27 heavy (non-hydrogen) atoms. The lowest BCUT2D eigenvalue weighted by Gasteiger charge is -2.25. The summed E-state index contributed by atoms with van der Waals surface area (Å²) in [6, 6.07) is 15.5. The van der Waals surface area contributed by atoms with E-state index in [0.29, 0.717) is 5.76 Å². The fourth-order valence-corrected chi connectivity index (χ4v) is 3.19. The first-order chi connectivity index (χ1) is 13.1. The van der Waals surface area contributed by atoms with Gasteiger partial charge in [-0.25, -0.2) is 9.67 Å². The number of rotatable bonds is 4. The SMILES string of the molecule is Cc1c(C(=O)N(C)C(C)c2ccc(-n3cncn3)cc2)oc2ccccc12. The van der Waals surface area contributed by atoms with Crippen molar-refractivity contribution in [2.45, 2.75) is 19.9 Å².